The minimum atomic E-state index is -4.40. The van der Waals surface area contributed by atoms with Gasteiger partial charge in [0, 0.05) is 37.4 Å². The standard InChI is InChI=1S/C32H48F3N5O6/c1-3-7-23(27(43)38-22(18-20-12-17-36-26(20)42)25(41)28(44)37-21-10-11-21)40(2)29(45)24(19-8-4-5-9-19)39-30(46)31(13-6-14-31)15-16-32(33,34)35/h19-24H,3-18H2,1-2H3,(H,36,42)(H,37,44)(H,38,43)(H,39,46)/t20-,22-,23-,24+/m0/s1. The second-order valence-electron chi connectivity index (χ2n) is 13.7. The number of nitrogens with one attached hydrogen (secondary N) is 4. The molecule has 3 aliphatic carbocycles. The Kier molecular flexibility index (Phi) is 11.7. The van der Waals surface area contributed by atoms with Crippen molar-refractivity contribution in [3.05, 3.63) is 0 Å². The van der Waals surface area contributed by atoms with E-state index in [1.165, 1.54) is 11.9 Å². The Labute approximate surface area is 267 Å². The Morgan fingerprint density at radius 3 is 2.20 bits per heavy atom. The smallest absolute Gasteiger partial charge is 0.356 e. The van der Waals surface area contributed by atoms with Crippen molar-refractivity contribution in [3.63, 3.8) is 0 Å². The molecule has 0 unspecified atom stereocenters. The van der Waals surface area contributed by atoms with E-state index in [1.54, 1.807) is 0 Å². The zero-order valence-corrected chi connectivity index (χ0v) is 26.8. The van der Waals surface area contributed by atoms with Crippen LogP contribution in [0.25, 0.3) is 0 Å². The van der Waals surface area contributed by atoms with Gasteiger partial charge in [0.1, 0.15) is 12.1 Å². The molecule has 0 spiro atoms. The minimum absolute atomic E-state index is 0.0637. The van der Waals surface area contributed by atoms with Crippen LogP contribution in [0.3, 0.4) is 0 Å². The topological polar surface area (TPSA) is 154 Å². The Hall–Kier alpha value is -3.19. The summed E-state index contributed by atoms with van der Waals surface area (Å²) in [7, 11) is 1.44. The van der Waals surface area contributed by atoms with Crippen LogP contribution in [-0.2, 0) is 28.8 Å². The SMILES string of the molecule is CCC[C@@H](C(=O)N[C@@H](C[C@@H]1CCNC1=O)C(=O)C(=O)NC1CC1)N(C)C(=O)[C@H](NC(=O)C1(CCC(F)(F)F)CCC1)C1CCCC1. The molecule has 5 amide bonds. The van der Waals surface area contributed by atoms with E-state index in [0.717, 1.165) is 25.7 Å². The van der Waals surface area contributed by atoms with Crippen LogP contribution in [-0.4, -0.2) is 84.2 Å². The van der Waals surface area contributed by atoms with E-state index >= 15 is 0 Å². The van der Waals surface area contributed by atoms with Gasteiger partial charge in [-0.1, -0.05) is 32.6 Å². The molecule has 4 atom stereocenters. The van der Waals surface area contributed by atoms with E-state index in [4.69, 9.17) is 0 Å². The third kappa shape index (κ3) is 8.99. The third-order valence-electron chi connectivity index (χ3n) is 10.2. The van der Waals surface area contributed by atoms with Gasteiger partial charge in [-0.2, -0.15) is 13.2 Å². The van der Waals surface area contributed by atoms with Crippen LogP contribution < -0.4 is 21.3 Å². The summed E-state index contributed by atoms with van der Waals surface area (Å²) in [5, 5.41) is 10.8. The molecule has 4 fully saturated rings. The molecule has 1 heterocycles. The van der Waals surface area contributed by atoms with Gasteiger partial charge < -0.3 is 26.2 Å². The number of ketones is 1. The van der Waals surface area contributed by atoms with Crippen molar-refractivity contribution in [2.45, 2.75) is 134 Å². The van der Waals surface area contributed by atoms with Gasteiger partial charge in [-0.25, -0.2) is 0 Å². The van der Waals surface area contributed by atoms with Gasteiger partial charge in [-0.05, 0) is 70.1 Å². The van der Waals surface area contributed by atoms with E-state index in [1.807, 2.05) is 6.92 Å². The maximum absolute atomic E-state index is 14.1. The number of amides is 5. The molecule has 4 rings (SSSR count). The van der Waals surface area contributed by atoms with Crippen molar-refractivity contribution in [1.29, 1.82) is 0 Å². The largest absolute Gasteiger partial charge is 0.389 e. The lowest BCUT2D eigenvalue weighted by Gasteiger charge is -2.42. The van der Waals surface area contributed by atoms with Crippen molar-refractivity contribution < 1.29 is 41.9 Å². The third-order valence-corrected chi connectivity index (χ3v) is 10.2. The average Bonchev–Trinajstić information content (AvgIpc) is 3.44. The number of carbonyl (C=O) groups excluding carboxylic acids is 6. The first-order valence-corrected chi connectivity index (χ1v) is 16.8. The first kappa shape index (κ1) is 35.7. The van der Waals surface area contributed by atoms with Gasteiger partial charge in [-0.15, -0.1) is 0 Å². The van der Waals surface area contributed by atoms with Crippen LogP contribution in [0, 0.1) is 17.3 Å². The summed E-state index contributed by atoms with van der Waals surface area (Å²) < 4.78 is 39.2. The van der Waals surface area contributed by atoms with E-state index in [2.05, 4.69) is 21.3 Å². The lowest BCUT2D eigenvalue weighted by atomic mass is 9.65. The fourth-order valence-corrected chi connectivity index (χ4v) is 6.98. The quantitative estimate of drug-likeness (QED) is 0.188. The highest BCUT2D eigenvalue weighted by Gasteiger charge is 2.48. The highest BCUT2D eigenvalue weighted by Crippen LogP contribution is 2.47. The molecule has 0 aromatic heterocycles. The fraction of sp³-hybridized carbons (Fsp3) is 0.812. The summed E-state index contributed by atoms with van der Waals surface area (Å²) in [5.74, 6) is -4.49. The van der Waals surface area contributed by atoms with E-state index in [0.29, 0.717) is 51.5 Å². The second-order valence-corrected chi connectivity index (χ2v) is 13.7. The molecule has 1 saturated heterocycles. The molecule has 46 heavy (non-hydrogen) atoms. The number of carbonyl (C=O) groups is 6. The molecule has 3 saturated carbocycles. The van der Waals surface area contributed by atoms with Gasteiger partial charge in [0.25, 0.3) is 5.91 Å². The minimum Gasteiger partial charge on any atom is -0.356 e. The normalized spacial score (nSPS) is 23.0. The number of hydrogen-bond acceptors (Lipinski definition) is 6. The summed E-state index contributed by atoms with van der Waals surface area (Å²) in [4.78, 5) is 80.8. The van der Waals surface area contributed by atoms with Gasteiger partial charge in [0.2, 0.25) is 29.4 Å². The summed E-state index contributed by atoms with van der Waals surface area (Å²) >= 11 is 0. The Balaban J connectivity index is 1.50. The fourth-order valence-electron chi connectivity index (χ4n) is 6.98. The van der Waals surface area contributed by atoms with Crippen LogP contribution in [0.5, 0.6) is 0 Å². The number of Topliss-reactive ketones (excluding diaryl/α,β-unsaturated/α-hetero) is 1. The molecular formula is C32H48F3N5O6. The number of likely N-dealkylation sites (N-methyl/N-ethyl adjacent to an activating group) is 1. The highest BCUT2D eigenvalue weighted by atomic mass is 19.4. The van der Waals surface area contributed by atoms with Crippen LogP contribution in [0.15, 0.2) is 0 Å². The maximum Gasteiger partial charge on any atom is 0.389 e. The van der Waals surface area contributed by atoms with E-state index in [-0.39, 0.29) is 37.1 Å². The molecule has 0 aromatic rings. The molecule has 258 valence electrons. The lowest BCUT2D eigenvalue weighted by Crippen LogP contribution is -2.60. The summed E-state index contributed by atoms with van der Waals surface area (Å²) in [5.41, 5.74) is -1.17. The molecule has 0 aromatic carbocycles. The Morgan fingerprint density at radius 2 is 1.67 bits per heavy atom. The Morgan fingerprint density at radius 1 is 1.00 bits per heavy atom. The number of nitrogens with zero attached hydrogens (tertiary/aromatic N) is 1. The van der Waals surface area contributed by atoms with Crippen molar-refractivity contribution in [2.75, 3.05) is 13.6 Å². The molecule has 0 radical (unpaired) electrons. The highest BCUT2D eigenvalue weighted by molar-refractivity contribution is 6.38. The molecule has 4 aliphatic rings. The average molecular weight is 656 g/mol. The molecule has 0 bridgehead atoms. The van der Waals surface area contributed by atoms with E-state index < -0.39 is 71.5 Å². The number of alkyl halides is 3. The molecule has 14 heteroatoms. The zero-order chi connectivity index (χ0) is 33.6. The zero-order valence-electron chi connectivity index (χ0n) is 26.8. The predicted molar refractivity (Wildman–Crippen MR) is 161 cm³/mol. The van der Waals surface area contributed by atoms with Gasteiger partial charge in [0.15, 0.2) is 0 Å². The van der Waals surface area contributed by atoms with Crippen LogP contribution >= 0.6 is 0 Å². The predicted octanol–water partition coefficient (Wildman–Crippen LogP) is 2.66. The van der Waals surface area contributed by atoms with Crippen molar-refractivity contribution in [3.8, 4) is 0 Å². The Bertz CT molecular complexity index is 1170. The number of rotatable bonds is 16. The summed E-state index contributed by atoms with van der Waals surface area (Å²) in [6, 6.07) is -3.44. The molecule has 1 aliphatic heterocycles. The van der Waals surface area contributed by atoms with Gasteiger partial charge >= 0.3 is 6.18 Å². The molecule has 4 N–H and O–H groups in total. The van der Waals surface area contributed by atoms with Crippen LogP contribution in [0.2, 0.25) is 0 Å². The molecule has 11 nitrogen and oxygen atoms in total. The van der Waals surface area contributed by atoms with Gasteiger partial charge in [-0.3, -0.25) is 28.8 Å². The van der Waals surface area contributed by atoms with Crippen LogP contribution in [0.4, 0.5) is 13.2 Å². The van der Waals surface area contributed by atoms with Crippen molar-refractivity contribution in [2.24, 2.45) is 17.3 Å². The van der Waals surface area contributed by atoms with E-state index in [9.17, 15) is 41.9 Å². The first-order valence-electron chi connectivity index (χ1n) is 16.8. The lowest BCUT2D eigenvalue weighted by molar-refractivity contribution is -0.155. The number of halogens is 3. The van der Waals surface area contributed by atoms with Crippen molar-refractivity contribution >= 4 is 35.3 Å². The summed E-state index contributed by atoms with van der Waals surface area (Å²) in [6.45, 7) is 2.25. The van der Waals surface area contributed by atoms with Crippen LogP contribution in [0.1, 0.15) is 103 Å². The number of hydrogen-bond donors (Lipinski definition) is 4. The van der Waals surface area contributed by atoms with Gasteiger partial charge in [0.05, 0.1) is 6.04 Å². The molecular weight excluding hydrogens is 607 g/mol. The maximum atomic E-state index is 14.1. The summed E-state index contributed by atoms with van der Waals surface area (Å²) in [6.07, 6.45) is 1.05. The van der Waals surface area contributed by atoms with Crippen molar-refractivity contribution in [1.82, 2.24) is 26.2 Å². The monoisotopic (exact) mass is 655 g/mol. The second kappa shape index (κ2) is 15.1. The first-order chi connectivity index (χ1) is 21.7.